The molecule has 0 heterocycles. The fourth-order valence-electron chi connectivity index (χ4n) is 2.12. The van der Waals surface area contributed by atoms with Gasteiger partial charge in [-0.3, -0.25) is 14.4 Å². The van der Waals surface area contributed by atoms with Gasteiger partial charge in [-0.25, -0.2) is 4.79 Å². The molecule has 1 aliphatic carbocycles. The third kappa shape index (κ3) is 4.19. The Kier molecular flexibility index (Phi) is 6.33. The molecule has 1 fully saturated rings. The third-order valence-corrected chi connectivity index (χ3v) is 3.66. The average Bonchev–Trinajstić information content (AvgIpc) is 3.35. The summed E-state index contributed by atoms with van der Waals surface area (Å²) in [6, 6.07) is -1.14. The molecule has 124 valence electrons. The van der Waals surface area contributed by atoms with E-state index < -0.39 is 35.8 Å². The number of methoxy groups -OCH3 is 3. The highest BCUT2D eigenvalue weighted by molar-refractivity contribution is 5.96. The zero-order valence-electron chi connectivity index (χ0n) is 13.1. The molecular weight excluding hydrogens is 294 g/mol. The number of hydrogen-bond acceptors (Lipinski definition) is 7. The Labute approximate surface area is 128 Å². The first kappa shape index (κ1) is 17.9. The van der Waals surface area contributed by atoms with Crippen LogP contribution in [0.2, 0.25) is 0 Å². The van der Waals surface area contributed by atoms with Crippen LogP contribution in [0.1, 0.15) is 19.8 Å². The van der Waals surface area contributed by atoms with Gasteiger partial charge >= 0.3 is 17.9 Å². The van der Waals surface area contributed by atoms with Gasteiger partial charge in [-0.2, -0.15) is 0 Å². The number of carbonyl (C=O) groups is 4. The van der Waals surface area contributed by atoms with Gasteiger partial charge in [-0.1, -0.05) is 6.92 Å². The van der Waals surface area contributed by atoms with E-state index >= 15 is 0 Å². The van der Waals surface area contributed by atoms with Crippen LogP contribution in [0.15, 0.2) is 0 Å². The van der Waals surface area contributed by atoms with Crippen molar-refractivity contribution in [1.82, 2.24) is 5.32 Å². The second-order valence-corrected chi connectivity index (χ2v) is 5.17. The van der Waals surface area contributed by atoms with Crippen molar-refractivity contribution in [3.05, 3.63) is 0 Å². The maximum Gasteiger partial charge on any atom is 0.328 e. The van der Waals surface area contributed by atoms with Gasteiger partial charge in [0, 0.05) is 11.8 Å². The highest BCUT2D eigenvalue weighted by Gasteiger charge is 2.43. The Morgan fingerprint density at radius 2 is 1.36 bits per heavy atom. The predicted octanol–water partition coefficient (Wildman–Crippen LogP) is -0.347. The maximum absolute atomic E-state index is 11.9. The lowest BCUT2D eigenvalue weighted by Gasteiger charge is -2.27. The Balaban J connectivity index is 2.97. The molecule has 1 N–H and O–H groups in total. The van der Waals surface area contributed by atoms with Crippen molar-refractivity contribution in [2.75, 3.05) is 21.3 Å². The molecule has 1 saturated carbocycles. The van der Waals surface area contributed by atoms with Crippen LogP contribution < -0.4 is 5.32 Å². The Bertz CT molecular complexity index is 442. The van der Waals surface area contributed by atoms with Crippen molar-refractivity contribution in [3.8, 4) is 0 Å². The largest absolute Gasteiger partial charge is 0.468 e. The molecule has 0 aliphatic heterocycles. The van der Waals surface area contributed by atoms with Crippen LogP contribution in [0.25, 0.3) is 0 Å². The summed E-state index contributed by atoms with van der Waals surface area (Å²) in [4.78, 5) is 47.4. The SMILES string of the molecule is COC(=O)C(C(=O)OC)[C@H](C)[C@H](NC(=O)C1CC1)C(=O)OC. The van der Waals surface area contributed by atoms with Crippen molar-refractivity contribution in [3.63, 3.8) is 0 Å². The van der Waals surface area contributed by atoms with Crippen LogP contribution in [-0.2, 0) is 33.4 Å². The first-order chi connectivity index (χ1) is 10.4. The predicted molar refractivity (Wildman–Crippen MR) is 73.4 cm³/mol. The van der Waals surface area contributed by atoms with Gasteiger partial charge < -0.3 is 19.5 Å². The van der Waals surface area contributed by atoms with Crippen molar-refractivity contribution < 1.29 is 33.4 Å². The normalized spacial score (nSPS) is 16.4. The van der Waals surface area contributed by atoms with E-state index in [0.29, 0.717) is 0 Å². The number of ether oxygens (including phenoxy) is 3. The highest BCUT2D eigenvalue weighted by atomic mass is 16.5. The summed E-state index contributed by atoms with van der Waals surface area (Å²) in [5, 5.41) is 2.54. The van der Waals surface area contributed by atoms with Gasteiger partial charge in [0.05, 0.1) is 21.3 Å². The standard InChI is InChI=1S/C14H21NO7/c1-7(9(12(17)20-2)13(18)21-3)10(14(19)22-4)15-11(16)8-5-6-8/h7-10H,5-6H2,1-4H3,(H,15,16)/t7-,10-/m0/s1. The number of amides is 1. The maximum atomic E-state index is 11.9. The molecule has 2 atom stereocenters. The van der Waals surface area contributed by atoms with Gasteiger partial charge in [-0.15, -0.1) is 0 Å². The Hall–Kier alpha value is -2.12. The minimum Gasteiger partial charge on any atom is -0.468 e. The fourth-order valence-corrected chi connectivity index (χ4v) is 2.12. The summed E-state index contributed by atoms with van der Waals surface area (Å²) in [7, 11) is 3.42. The molecule has 22 heavy (non-hydrogen) atoms. The molecule has 0 unspecified atom stereocenters. The van der Waals surface area contributed by atoms with E-state index in [2.05, 4.69) is 19.5 Å². The molecule has 8 nitrogen and oxygen atoms in total. The summed E-state index contributed by atoms with van der Waals surface area (Å²) in [6.45, 7) is 1.48. The number of nitrogens with one attached hydrogen (secondary N) is 1. The molecule has 8 heteroatoms. The highest BCUT2D eigenvalue weighted by Crippen LogP contribution is 2.30. The van der Waals surface area contributed by atoms with E-state index in [4.69, 9.17) is 0 Å². The number of esters is 3. The summed E-state index contributed by atoms with van der Waals surface area (Å²) in [5.41, 5.74) is 0. The van der Waals surface area contributed by atoms with E-state index in [1.807, 2.05) is 0 Å². The van der Waals surface area contributed by atoms with E-state index in [-0.39, 0.29) is 11.8 Å². The van der Waals surface area contributed by atoms with Crippen LogP contribution in [0.4, 0.5) is 0 Å². The average molecular weight is 315 g/mol. The van der Waals surface area contributed by atoms with Crippen LogP contribution in [0.3, 0.4) is 0 Å². The zero-order chi connectivity index (χ0) is 16.9. The third-order valence-electron chi connectivity index (χ3n) is 3.66. The molecule has 0 spiro atoms. The molecule has 0 aromatic carbocycles. The smallest absolute Gasteiger partial charge is 0.328 e. The summed E-state index contributed by atoms with van der Waals surface area (Å²) in [5.74, 6) is -5.06. The first-order valence-corrected chi connectivity index (χ1v) is 6.91. The summed E-state index contributed by atoms with van der Waals surface area (Å²) in [6.07, 6.45) is 1.51. The van der Waals surface area contributed by atoms with E-state index in [1.54, 1.807) is 0 Å². The van der Waals surface area contributed by atoms with E-state index in [9.17, 15) is 19.2 Å². The minimum atomic E-state index is -1.33. The number of hydrogen-bond donors (Lipinski definition) is 1. The molecule has 0 aromatic heterocycles. The quantitative estimate of drug-likeness (QED) is 0.389. The van der Waals surface area contributed by atoms with Gasteiger partial charge in [0.1, 0.15) is 6.04 Å². The molecule has 0 aromatic rings. The lowest BCUT2D eigenvalue weighted by atomic mass is 9.87. The van der Waals surface area contributed by atoms with Crippen molar-refractivity contribution >= 4 is 23.8 Å². The van der Waals surface area contributed by atoms with Gasteiger partial charge in [-0.05, 0) is 12.8 Å². The number of rotatable bonds is 7. The molecule has 1 amide bonds. The van der Waals surface area contributed by atoms with E-state index in [0.717, 1.165) is 34.2 Å². The minimum absolute atomic E-state index is 0.131. The van der Waals surface area contributed by atoms with Crippen LogP contribution in [0, 0.1) is 17.8 Å². The van der Waals surface area contributed by atoms with Gasteiger partial charge in [0.25, 0.3) is 0 Å². The van der Waals surface area contributed by atoms with Crippen LogP contribution >= 0.6 is 0 Å². The second-order valence-electron chi connectivity index (χ2n) is 5.17. The topological polar surface area (TPSA) is 108 Å². The molecule has 1 aliphatic rings. The van der Waals surface area contributed by atoms with Gasteiger partial charge in [0.15, 0.2) is 5.92 Å². The monoisotopic (exact) mass is 315 g/mol. The zero-order valence-corrected chi connectivity index (χ0v) is 13.1. The van der Waals surface area contributed by atoms with Crippen molar-refractivity contribution in [1.29, 1.82) is 0 Å². The molecule has 1 rings (SSSR count). The van der Waals surface area contributed by atoms with Crippen molar-refractivity contribution in [2.45, 2.75) is 25.8 Å². The van der Waals surface area contributed by atoms with Crippen LogP contribution in [0.5, 0.6) is 0 Å². The molecular formula is C14H21NO7. The van der Waals surface area contributed by atoms with Gasteiger partial charge in [0.2, 0.25) is 5.91 Å². The molecule has 0 radical (unpaired) electrons. The Morgan fingerprint density at radius 3 is 1.73 bits per heavy atom. The van der Waals surface area contributed by atoms with Crippen LogP contribution in [-0.4, -0.2) is 51.2 Å². The fraction of sp³-hybridized carbons (Fsp3) is 0.714. The first-order valence-electron chi connectivity index (χ1n) is 6.91. The van der Waals surface area contributed by atoms with Crippen molar-refractivity contribution in [2.24, 2.45) is 17.8 Å². The number of carbonyl (C=O) groups excluding carboxylic acids is 4. The van der Waals surface area contributed by atoms with E-state index in [1.165, 1.54) is 6.92 Å². The molecule has 0 saturated heterocycles. The second kappa shape index (κ2) is 7.77. The lowest BCUT2D eigenvalue weighted by molar-refractivity contribution is -0.163. The summed E-state index contributed by atoms with van der Waals surface area (Å²) >= 11 is 0. The molecule has 0 bridgehead atoms. The lowest BCUT2D eigenvalue weighted by Crippen LogP contribution is -2.51. The Morgan fingerprint density at radius 1 is 0.909 bits per heavy atom. The summed E-state index contributed by atoms with van der Waals surface area (Å²) < 4.78 is 13.8.